The van der Waals surface area contributed by atoms with Gasteiger partial charge in [0.05, 0.1) is 12.2 Å². The number of hydrogen-bond acceptors (Lipinski definition) is 9. The molecule has 0 saturated carbocycles. The number of nitrogens with zero attached hydrogens (tertiary/aromatic N) is 7. The number of unbranched alkanes of at least 4 members (excludes halogenated alkanes) is 3. The van der Waals surface area contributed by atoms with Gasteiger partial charge in [0.2, 0.25) is 5.95 Å². The van der Waals surface area contributed by atoms with E-state index in [9.17, 15) is 9.90 Å². The van der Waals surface area contributed by atoms with Crippen LogP contribution in [0, 0.1) is 0 Å². The van der Waals surface area contributed by atoms with Crippen LogP contribution >= 0.6 is 12.4 Å². The van der Waals surface area contributed by atoms with E-state index in [0.717, 1.165) is 38.4 Å². The molecule has 1 aromatic carbocycles. The minimum absolute atomic E-state index is 0. The number of anilines is 3. The van der Waals surface area contributed by atoms with Crippen LogP contribution in [0.25, 0.3) is 16.9 Å². The summed E-state index contributed by atoms with van der Waals surface area (Å²) in [5.74, 6) is 0.838. The Balaban J connectivity index is 0.00000461. The quantitative estimate of drug-likeness (QED) is 0.136. The molecule has 1 aliphatic heterocycles. The van der Waals surface area contributed by atoms with E-state index in [1.54, 1.807) is 49.0 Å². The van der Waals surface area contributed by atoms with E-state index in [-0.39, 0.29) is 24.5 Å². The molecule has 0 bridgehead atoms. The summed E-state index contributed by atoms with van der Waals surface area (Å²) < 4.78 is 3.18. The van der Waals surface area contributed by atoms with Gasteiger partial charge in [-0.3, -0.25) is 9.69 Å². The van der Waals surface area contributed by atoms with Gasteiger partial charge >= 0.3 is 0 Å². The van der Waals surface area contributed by atoms with Gasteiger partial charge in [0.1, 0.15) is 11.0 Å². The van der Waals surface area contributed by atoms with E-state index >= 15 is 0 Å². The molecule has 242 valence electrons. The maximum absolute atomic E-state index is 13.3. The molecule has 4 aromatic rings. The topological polar surface area (TPSA) is 116 Å². The van der Waals surface area contributed by atoms with Crippen LogP contribution in [-0.4, -0.2) is 80.6 Å². The van der Waals surface area contributed by atoms with Crippen LogP contribution in [0.2, 0.25) is 0 Å². The largest absolute Gasteiger partial charge is 0.384 e. The first-order valence-electron chi connectivity index (χ1n) is 15.6. The van der Waals surface area contributed by atoms with Gasteiger partial charge in [-0.15, -0.1) is 19.0 Å². The molecule has 3 aromatic heterocycles. The zero-order valence-electron chi connectivity index (χ0n) is 26.6. The van der Waals surface area contributed by atoms with Crippen LogP contribution in [0.1, 0.15) is 45.2 Å². The second kappa shape index (κ2) is 15.5. The monoisotopic (exact) mass is 635 g/mol. The molecule has 1 aliphatic rings. The minimum Gasteiger partial charge on any atom is -0.384 e. The highest BCUT2D eigenvalue weighted by molar-refractivity contribution is 5.85. The highest BCUT2D eigenvalue weighted by Crippen LogP contribution is 2.24. The van der Waals surface area contributed by atoms with Crippen LogP contribution < -0.4 is 21.1 Å². The summed E-state index contributed by atoms with van der Waals surface area (Å²) >= 11 is 0. The Bertz CT molecular complexity index is 1600. The summed E-state index contributed by atoms with van der Waals surface area (Å²) in [7, 11) is 2.02. The fourth-order valence-electron chi connectivity index (χ4n) is 5.60. The Hall–Kier alpha value is -3.77. The van der Waals surface area contributed by atoms with Crippen LogP contribution in [0.3, 0.4) is 0 Å². The van der Waals surface area contributed by atoms with E-state index in [0.29, 0.717) is 28.5 Å². The molecule has 4 heterocycles. The van der Waals surface area contributed by atoms with Crippen molar-refractivity contribution in [2.75, 3.05) is 56.5 Å². The molecule has 0 unspecified atom stereocenters. The number of aromatic nitrogens is 5. The first-order chi connectivity index (χ1) is 21.3. The number of nitrogens with one attached hydrogen (secondary N) is 2. The summed E-state index contributed by atoms with van der Waals surface area (Å²) in [5, 5.41) is 17.4. The van der Waals surface area contributed by atoms with E-state index in [2.05, 4.69) is 49.1 Å². The minimum atomic E-state index is -1.14. The molecular weight excluding hydrogens is 590 g/mol. The Morgan fingerprint density at radius 2 is 1.73 bits per heavy atom. The van der Waals surface area contributed by atoms with E-state index in [4.69, 9.17) is 4.98 Å². The van der Waals surface area contributed by atoms with Crippen LogP contribution in [0.4, 0.5) is 17.3 Å². The fraction of sp³-hybridized carbons (Fsp3) is 0.455. The highest BCUT2D eigenvalue weighted by Gasteiger charge is 2.22. The van der Waals surface area contributed by atoms with Gasteiger partial charge in [0, 0.05) is 43.8 Å². The summed E-state index contributed by atoms with van der Waals surface area (Å²) in [4.78, 5) is 32.1. The van der Waals surface area contributed by atoms with Crippen molar-refractivity contribution in [3.05, 3.63) is 77.4 Å². The second-order valence-electron chi connectivity index (χ2n) is 11.9. The molecule has 45 heavy (non-hydrogen) atoms. The summed E-state index contributed by atoms with van der Waals surface area (Å²) in [5.41, 5.74) is 1.58. The number of allylic oxidation sites excluding steroid dienone is 1. The van der Waals surface area contributed by atoms with Crippen molar-refractivity contribution >= 4 is 40.8 Å². The van der Waals surface area contributed by atoms with Gasteiger partial charge in [-0.25, -0.2) is 19.3 Å². The highest BCUT2D eigenvalue weighted by atomic mass is 35.5. The average molecular weight is 636 g/mol. The van der Waals surface area contributed by atoms with Crippen molar-refractivity contribution in [3.8, 4) is 5.82 Å². The SMILES string of the molecule is C=CCn1c(=O)c2cnc(Nc3ccc(N4CCN(CCCCCCNC)CC4)cc3)nc2n1-c1cccc(C(C)(C)O)n1.Cl. The van der Waals surface area contributed by atoms with Crippen molar-refractivity contribution in [2.45, 2.75) is 51.7 Å². The van der Waals surface area contributed by atoms with Crippen LogP contribution in [0.5, 0.6) is 0 Å². The second-order valence-corrected chi connectivity index (χ2v) is 11.9. The van der Waals surface area contributed by atoms with Crippen molar-refractivity contribution < 1.29 is 5.11 Å². The molecule has 0 radical (unpaired) electrons. The number of halogens is 1. The molecule has 0 spiro atoms. The predicted molar refractivity (Wildman–Crippen MR) is 184 cm³/mol. The van der Waals surface area contributed by atoms with E-state index in [1.807, 2.05) is 19.2 Å². The Morgan fingerprint density at radius 1 is 1.00 bits per heavy atom. The predicted octanol–water partition coefficient (Wildman–Crippen LogP) is 4.46. The standard InChI is InChI=1S/C33H45N9O2.ClH/c1-5-18-41-31(43)27-24-35-32(38-30(27)42(41)29-12-10-11-28(37-29)33(2,3)44)36-25-13-15-26(16-14-25)40-22-20-39(21-23-40)19-9-7-6-8-17-34-4;/h5,10-16,24,34,44H,1,6-9,17-23H2,2-4H3,(H,35,36,38);1H. The number of fused-ring (bicyclic) bond motifs is 1. The maximum Gasteiger partial charge on any atom is 0.278 e. The first-order valence-corrected chi connectivity index (χ1v) is 15.6. The van der Waals surface area contributed by atoms with Gasteiger partial charge in [0.15, 0.2) is 11.5 Å². The van der Waals surface area contributed by atoms with Crippen LogP contribution in [-0.2, 0) is 12.1 Å². The van der Waals surface area contributed by atoms with Crippen LogP contribution in [0.15, 0.2) is 66.1 Å². The molecule has 5 rings (SSSR count). The maximum atomic E-state index is 13.3. The zero-order chi connectivity index (χ0) is 31.1. The van der Waals surface area contributed by atoms with Gasteiger partial charge in [-0.2, -0.15) is 4.98 Å². The summed E-state index contributed by atoms with van der Waals surface area (Å²) in [6.45, 7) is 13.9. The third-order valence-electron chi connectivity index (χ3n) is 8.07. The zero-order valence-corrected chi connectivity index (χ0v) is 27.4. The van der Waals surface area contributed by atoms with Crippen molar-refractivity contribution in [1.82, 2.24) is 34.5 Å². The molecule has 0 amide bonds. The van der Waals surface area contributed by atoms with Gasteiger partial charge in [-0.1, -0.05) is 25.0 Å². The number of piperazine rings is 1. The molecule has 12 heteroatoms. The number of benzene rings is 1. The lowest BCUT2D eigenvalue weighted by atomic mass is 10.1. The van der Waals surface area contributed by atoms with Crippen molar-refractivity contribution in [1.29, 1.82) is 0 Å². The Morgan fingerprint density at radius 3 is 2.42 bits per heavy atom. The van der Waals surface area contributed by atoms with E-state index < -0.39 is 5.60 Å². The molecular formula is C33H46ClN9O2. The smallest absolute Gasteiger partial charge is 0.278 e. The number of aliphatic hydroxyl groups is 1. The molecule has 0 atom stereocenters. The molecule has 3 N–H and O–H groups in total. The lowest BCUT2D eigenvalue weighted by Gasteiger charge is -2.36. The molecule has 0 aliphatic carbocycles. The normalized spacial score (nSPS) is 14.0. The number of pyridine rings is 1. The Labute approximate surface area is 271 Å². The first kappa shape index (κ1) is 34.1. The molecule has 11 nitrogen and oxygen atoms in total. The number of hydrogen-bond donors (Lipinski definition) is 3. The lowest BCUT2D eigenvalue weighted by molar-refractivity contribution is 0.0738. The summed E-state index contributed by atoms with van der Waals surface area (Å²) in [6.07, 6.45) is 8.33. The van der Waals surface area contributed by atoms with Crippen molar-refractivity contribution in [3.63, 3.8) is 0 Å². The number of rotatable bonds is 14. The lowest BCUT2D eigenvalue weighted by Crippen LogP contribution is -2.46. The fourth-order valence-corrected chi connectivity index (χ4v) is 5.60. The van der Waals surface area contributed by atoms with Crippen molar-refractivity contribution in [2.24, 2.45) is 0 Å². The summed E-state index contributed by atoms with van der Waals surface area (Å²) in [6, 6.07) is 13.7. The van der Waals surface area contributed by atoms with Gasteiger partial charge < -0.3 is 20.6 Å². The molecule has 1 fully saturated rings. The van der Waals surface area contributed by atoms with Gasteiger partial charge in [-0.05, 0) is 83.2 Å². The van der Waals surface area contributed by atoms with E-state index in [1.165, 1.54) is 42.6 Å². The molecule has 1 saturated heterocycles. The average Bonchev–Trinajstić information content (AvgIpc) is 3.29. The third-order valence-corrected chi connectivity index (χ3v) is 8.07. The van der Waals surface area contributed by atoms with Gasteiger partial charge in [0.25, 0.3) is 5.56 Å². The Kier molecular flexibility index (Phi) is 11.7. The third kappa shape index (κ3) is 8.29.